The van der Waals surface area contributed by atoms with E-state index in [9.17, 15) is 19.2 Å². The van der Waals surface area contributed by atoms with Crippen molar-refractivity contribution in [2.45, 2.75) is 44.9 Å². The number of carbonyl (C=O) groups is 4. The standard InChI is InChI=1S/C24H24N2O6/c1-2-3-14-31-23(29)15-8-10-16(11-9-15)25-21(28)19-12-13-20(27)26(19)22-17-6-4-5-7-18(17)24(30)32-22/h4-11,19,22H,2-3,12-14H2,1H3,(H,25,28)/t19-,22+/m1/s1. The Labute approximate surface area is 185 Å². The zero-order chi connectivity index (χ0) is 22.7. The Bertz CT molecular complexity index is 1050. The normalized spacial score (nSPS) is 19.5. The number of fused-ring (bicyclic) bond motifs is 1. The lowest BCUT2D eigenvalue weighted by molar-refractivity contribution is -0.144. The number of anilines is 1. The number of hydrogen-bond donors (Lipinski definition) is 1. The topological polar surface area (TPSA) is 102 Å². The molecule has 0 saturated carbocycles. The second kappa shape index (κ2) is 9.21. The van der Waals surface area contributed by atoms with Crippen molar-refractivity contribution in [3.63, 3.8) is 0 Å². The number of nitrogens with zero attached hydrogens (tertiary/aromatic N) is 1. The number of benzene rings is 2. The first-order chi connectivity index (χ1) is 15.5. The zero-order valence-electron chi connectivity index (χ0n) is 17.7. The lowest BCUT2D eigenvalue weighted by Gasteiger charge is -2.29. The number of rotatable bonds is 7. The third kappa shape index (κ3) is 4.21. The summed E-state index contributed by atoms with van der Waals surface area (Å²) < 4.78 is 10.6. The predicted molar refractivity (Wildman–Crippen MR) is 115 cm³/mol. The molecule has 8 nitrogen and oxygen atoms in total. The predicted octanol–water partition coefficient (Wildman–Crippen LogP) is 3.44. The van der Waals surface area contributed by atoms with Gasteiger partial charge in [0, 0.05) is 17.7 Å². The van der Waals surface area contributed by atoms with E-state index in [2.05, 4.69) is 5.32 Å². The molecule has 2 aliphatic rings. The number of unbranched alkanes of at least 4 members (excludes halogenated alkanes) is 1. The highest BCUT2D eigenvalue weighted by molar-refractivity contribution is 6.00. The second-order valence-electron chi connectivity index (χ2n) is 7.76. The summed E-state index contributed by atoms with van der Waals surface area (Å²) in [6, 6.07) is 12.5. The first-order valence-corrected chi connectivity index (χ1v) is 10.7. The molecule has 0 radical (unpaired) electrons. The van der Waals surface area contributed by atoms with E-state index in [1.165, 1.54) is 4.90 Å². The van der Waals surface area contributed by atoms with E-state index in [4.69, 9.17) is 9.47 Å². The largest absolute Gasteiger partial charge is 0.462 e. The highest BCUT2D eigenvalue weighted by Gasteiger charge is 2.46. The number of nitrogens with one attached hydrogen (secondary N) is 1. The van der Waals surface area contributed by atoms with Crippen LogP contribution in [0.2, 0.25) is 0 Å². The maximum atomic E-state index is 13.0. The molecule has 1 fully saturated rings. The lowest BCUT2D eigenvalue weighted by Crippen LogP contribution is -2.43. The minimum Gasteiger partial charge on any atom is -0.462 e. The summed E-state index contributed by atoms with van der Waals surface area (Å²) in [5.41, 5.74) is 1.86. The molecule has 2 amide bonds. The first kappa shape index (κ1) is 21.5. The monoisotopic (exact) mass is 436 g/mol. The van der Waals surface area contributed by atoms with Crippen molar-refractivity contribution in [2.75, 3.05) is 11.9 Å². The van der Waals surface area contributed by atoms with Gasteiger partial charge in [-0.25, -0.2) is 9.59 Å². The van der Waals surface area contributed by atoms with Crippen LogP contribution in [0.5, 0.6) is 0 Å². The molecule has 32 heavy (non-hydrogen) atoms. The van der Waals surface area contributed by atoms with E-state index in [1.807, 2.05) is 6.92 Å². The molecular formula is C24H24N2O6. The van der Waals surface area contributed by atoms with Gasteiger partial charge in [-0.3, -0.25) is 14.5 Å². The Kier molecular flexibility index (Phi) is 6.20. The van der Waals surface area contributed by atoms with Gasteiger partial charge < -0.3 is 14.8 Å². The quantitative estimate of drug-likeness (QED) is 0.527. The highest BCUT2D eigenvalue weighted by Crippen LogP contribution is 2.38. The van der Waals surface area contributed by atoms with Crippen LogP contribution >= 0.6 is 0 Å². The van der Waals surface area contributed by atoms with Crippen molar-refractivity contribution in [3.05, 3.63) is 65.2 Å². The first-order valence-electron chi connectivity index (χ1n) is 10.7. The van der Waals surface area contributed by atoms with Gasteiger partial charge in [-0.2, -0.15) is 0 Å². The molecular weight excluding hydrogens is 412 g/mol. The number of esters is 2. The summed E-state index contributed by atoms with van der Waals surface area (Å²) in [5.74, 6) is -1.55. The summed E-state index contributed by atoms with van der Waals surface area (Å²) in [6.45, 7) is 2.38. The molecule has 2 heterocycles. The molecule has 1 N–H and O–H groups in total. The molecule has 2 atom stereocenters. The molecule has 0 spiro atoms. The summed E-state index contributed by atoms with van der Waals surface area (Å²) in [6.07, 6.45) is 1.34. The summed E-state index contributed by atoms with van der Waals surface area (Å²) in [7, 11) is 0. The second-order valence-corrected chi connectivity index (χ2v) is 7.76. The molecule has 2 aromatic rings. The Morgan fingerprint density at radius 3 is 2.62 bits per heavy atom. The van der Waals surface area contributed by atoms with Gasteiger partial charge in [0.15, 0.2) is 0 Å². The van der Waals surface area contributed by atoms with Gasteiger partial charge in [-0.15, -0.1) is 0 Å². The third-order valence-corrected chi connectivity index (χ3v) is 5.60. The van der Waals surface area contributed by atoms with E-state index >= 15 is 0 Å². The van der Waals surface area contributed by atoms with Crippen LogP contribution in [-0.2, 0) is 19.1 Å². The molecule has 0 unspecified atom stereocenters. The van der Waals surface area contributed by atoms with E-state index in [0.717, 1.165) is 12.8 Å². The average Bonchev–Trinajstić information content (AvgIpc) is 3.34. The number of amides is 2. The van der Waals surface area contributed by atoms with E-state index in [0.29, 0.717) is 35.4 Å². The van der Waals surface area contributed by atoms with Gasteiger partial charge in [0.05, 0.1) is 17.7 Å². The molecule has 4 rings (SSSR count). The Hall–Kier alpha value is -3.68. The maximum Gasteiger partial charge on any atom is 0.340 e. The van der Waals surface area contributed by atoms with Crippen molar-refractivity contribution in [3.8, 4) is 0 Å². The van der Waals surface area contributed by atoms with Crippen molar-refractivity contribution in [2.24, 2.45) is 0 Å². The van der Waals surface area contributed by atoms with Crippen LogP contribution in [0, 0.1) is 0 Å². The molecule has 0 aliphatic carbocycles. The van der Waals surface area contributed by atoms with Gasteiger partial charge in [0.2, 0.25) is 18.0 Å². The third-order valence-electron chi connectivity index (χ3n) is 5.60. The van der Waals surface area contributed by atoms with Gasteiger partial charge >= 0.3 is 11.9 Å². The number of likely N-dealkylation sites (tertiary alicyclic amines) is 1. The van der Waals surface area contributed by atoms with Crippen molar-refractivity contribution >= 4 is 29.4 Å². The van der Waals surface area contributed by atoms with E-state index < -0.39 is 24.2 Å². The number of hydrogen-bond acceptors (Lipinski definition) is 6. The van der Waals surface area contributed by atoms with Crippen LogP contribution in [-0.4, -0.2) is 41.3 Å². The van der Waals surface area contributed by atoms with E-state index in [-0.39, 0.29) is 18.2 Å². The molecule has 166 valence electrons. The molecule has 2 aliphatic heterocycles. The zero-order valence-corrected chi connectivity index (χ0v) is 17.7. The minimum atomic E-state index is -0.912. The molecule has 2 aromatic carbocycles. The van der Waals surface area contributed by atoms with Gasteiger partial charge in [-0.05, 0) is 43.2 Å². The van der Waals surface area contributed by atoms with Crippen molar-refractivity contribution in [1.82, 2.24) is 4.90 Å². The van der Waals surface area contributed by atoms with Crippen LogP contribution < -0.4 is 5.32 Å². The minimum absolute atomic E-state index is 0.191. The van der Waals surface area contributed by atoms with Crippen LogP contribution in [0.3, 0.4) is 0 Å². The van der Waals surface area contributed by atoms with Gasteiger partial charge in [-0.1, -0.05) is 31.5 Å². The highest BCUT2D eigenvalue weighted by atomic mass is 16.6. The fourth-order valence-electron chi connectivity index (χ4n) is 3.89. The SMILES string of the molecule is CCCCOC(=O)c1ccc(NC(=O)[C@H]2CCC(=O)N2[C@H]2OC(=O)c3ccccc32)cc1. The molecule has 8 heteroatoms. The average molecular weight is 436 g/mol. The summed E-state index contributed by atoms with van der Waals surface area (Å²) in [4.78, 5) is 51.1. The molecule has 1 saturated heterocycles. The lowest BCUT2D eigenvalue weighted by atomic mass is 10.1. The Morgan fingerprint density at radius 1 is 1.12 bits per heavy atom. The number of carbonyl (C=O) groups excluding carboxylic acids is 4. The fraction of sp³-hybridized carbons (Fsp3) is 0.333. The number of cyclic esters (lactones) is 1. The fourth-order valence-corrected chi connectivity index (χ4v) is 3.89. The maximum absolute atomic E-state index is 13.0. The molecule has 0 bridgehead atoms. The smallest absolute Gasteiger partial charge is 0.340 e. The van der Waals surface area contributed by atoms with Crippen molar-refractivity contribution in [1.29, 1.82) is 0 Å². The molecule has 0 aromatic heterocycles. The van der Waals surface area contributed by atoms with Gasteiger partial charge in [0.25, 0.3) is 0 Å². The van der Waals surface area contributed by atoms with Crippen LogP contribution in [0.1, 0.15) is 65.1 Å². The summed E-state index contributed by atoms with van der Waals surface area (Å²) >= 11 is 0. The van der Waals surface area contributed by atoms with Crippen LogP contribution in [0.25, 0.3) is 0 Å². The Balaban J connectivity index is 1.45. The summed E-state index contributed by atoms with van der Waals surface area (Å²) in [5, 5.41) is 2.79. The van der Waals surface area contributed by atoms with Gasteiger partial charge in [0.1, 0.15) is 6.04 Å². The van der Waals surface area contributed by atoms with Crippen LogP contribution in [0.15, 0.2) is 48.5 Å². The Morgan fingerprint density at radius 2 is 1.88 bits per heavy atom. The number of ether oxygens (including phenoxy) is 2. The van der Waals surface area contributed by atoms with Crippen molar-refractivity contribution < 1.29 is 28.7 Å². The van der Waals surface area contributed by atoms with Crippen LogP contribution in [0.4, 0.5) is 5.69 Å². The van der Waals surface area contributed by atoms with E-state index in [1.54, 1.807) is 48.5 Å².